The van der Waals surface area contributed by atoms with E-state index in [-0.39, 0.29) is 11.3 Å². The molecule has 6 heteroatoms. The van der Waals surface area contributed by atoms with Gasteiger partial charge in [-0.1, -0.05) is 0 Å². The molecular weight excluding hydrogens is 322 g/mol. The van der Waals surface area contributed by atoms with E-state index in [1.807, 2.05) is 0 Å². The number of rotatable bonds is 2. The molecule has 0 fully saturated rings. The molecule has 142 valence electrons. The second-order valence-corrected chi connectivity index (χ2v) is 8.57. The predicted molar refractivity (Wildman–Crippen MR) is 96.5 cm³/mol. The maximum Gasteiger partial charge on any atom is 0.358 e. The second kappa shape index (κ2) is 8.43. The third-order valence-electron chi connectivity index (χ3n) is 2.02. The van der Waals surface area contributed by atoms with Gasteiger partial charge in [-0.15, -0.1) is 0 Å². The van der Waals surface area contributed by atoms with E-state index in [2.05, 4.69) is 4.98 Å². The van der Waals surface area contributed by atoms with Gasteiger partial charge in [-0.25, -0.2) is 14.6 Å². The lowest BCUT2D eigenvalue weighted by molar-refractivity contribution is 0.00133. The van der Waals surface area contributed by atoms with Crippen molar-refractivity contribution in [1.29, 1.82) is 0 Å². The van der Waals surface area contributed by atoms with Crippen LogP contribution in [0.25, 0.3) is 0 Å². The van der Waals surface area contributed by atoms with Crippen molar-refractivity contribution >= 4 is 11.9 Å². The van der Waals surface area contributed by atoms with Crippen LogP contribution in [0.3, 0.4) is 0 Å². The molecule has 25 heavy (non-hydrogen) atoms. The SMILES string of the molecule is CC(C)(C)O.CC(C)(C)OC(=O)c1cccnc1C(=O)OC(C)(C)C. The van der Waals surface area contributed by atoms with Crippen LogP contribution in [0.4, 0.5) is 0 Å². The summed E-state index contributed by atoms with van der Waals surface area (Å²) in [7, 11) is 0. The molecule has 0 aliphatic rings. The molecule has 1 aromatic rings. The van der Waals surface area contributed by atoms with E-state index < -0.39 is 28.7 Å². The van der Waals surface area contributed by atoms with Crippen LogP contribution < -0.4 is 0 Å². The van der Waals surface area contributed by atoms with Crippen molar-refractivity contribution in [1.82, 2.24) is 4.98 Å². The molecule has 1 heterocycles. The van der Waals surface area contributed by atoms with Crippen molar-refractivity contribution in [3.8, 4) is 0 Å². The van der Waals surface area contributed by atoms with Crippen molar-refractivity contribution in [2.75, 3.05) is 0 Å². The first-order valence-electron chi connectivity index (χ1n) is 8.14. The molecule has 0 radical (unpaired) electrons. The summed E-state index contributed by atoms with van der Waals surface area (Å²) >= 11 is 0. The average molecular weight is 353 g/mol. The summed E-state index contributed by atoms with van der Waals surface area (Å²) in [5.41, 5.74) is -1.72. The second-order valence-electron chi connectivity index (χ2n) is 8.57. The summed E-state index contributed by atoms with van der Waals surface area (Å²) in [6.07, 6.45) is 1.44. The first kappa shape index (κ1) is 23.1. The molecule has 6 nitrogen and oxygen atoms in total. The van der Waals surface area contributed by atoms with Crippen molar-refractivity contribution in [3.63, 3.8) is 0 Å². The number of aromatic nitrogens is 1. The maximum absolute atomic E-state index is 12.1. The average Bonchev–Trinajstić information content (AvgIpc) is 2.32. The van der Waals surface area contributed by atoms with Gasteiger partial charge in [-0.3, -0.25) is 0 Å². The number of carbonyl (C=O) groups excluding carboxylic acids is 2. The number of carbonyl (C=O) groups is 2. The summed E-state index contributed by atoms with van der Waals surface area (Å²) in [6.45, 7) is 15.8. The van der Waals surface area contributed by atoms with Crippen LogP contribution in [0.2, 0.25) is 0 Å². The van der Waals surface area contributed by atoms with Gasteiger partial charge >= 0.3 is 11.9 Å². The lowest BCUT2D eigenvalue weighted by Crippen LogP contribution is -2.28. The van der Waals surface area contributed by atoms with Crippen molar-refractivity contribution in [3.05, 3.63) is 29.6 Å². The minimum absolute atomic E-state index is 0.0309. The van der Waals surface area contributed by atoms with Crippen LogP contribution in [0.15, 0.2) is 18.3 Å². The summed E-state index contributed by atoms with van der Waals surface area (Å²) in [5.74, 6) is -1.23. The Morgan fingerprint density at radius 3 is 1.68 bits per heavy atom. The number of hydrogen-bond acceptors (Lipinski definition) is 6. The fourth-order valence-electron chi connectivity index (χ4n) is 1.39. The van der Waals surface area contributed by atoms with Crippen LogP contribution in [0.1, 0.15) is 83.2 Å². The zero-order valence-corrected chi connectivity index (χ0v) is 16.8. The van der Waals surface area contributed by atoms with Gasteiger partial charge in [0, 0.05) is 6.20 Å². The van der Waals surface area contributed by atoms with Crippen LogP contribution in [0, 0.1) is 0 Å². The van der Waals surface area contributed by atoms with Gasteiger partial charge in [0.1, 0.15) is 11.2 Å². The standard InChI is InChI=1S/C15H21NO4.C4H10O/c1-14(2,3)19-12(17)10-8-7-9-16-11(10)13(18)20-15(4,5)6;1-4(2,3)5/h7-9H,1-6H3;5H,1-3H3. The minimum atomic E-state index is -0.653. The molecule has 0 saturated carbocycles. The van der Waals surface area contributed by atoms with E-state index in [4.69, 9.17) is 14.6 Å². The zero-order valence-electron chi connectivity index (χ0n) is 16.8. The number of pyridine rings is 1. The molecule has 0 saturated heterocycles. The van der Waals surface area contributed by atoms with E-state index in [0.29, 0.717) is 0 Å². The van der Waals surface area contributed by atoms with Gasteiger partial charge in [0.2, 0.25) is 0 Å². The van der Waals surface area contributed by atoms with E-state index in [1.165, 1.54) is 12.3 Å². The number of nitrogens with zero attached hydrogens (tertiary/aromatic N) is 1. The third kappa shape index (κ3) is 12.1. The normalized spacial score (nSPS) is 11.9. The fraction of sp³-hybridized carbons (Fsp3) is 0.632. The molecular formula is C19H31NO5. The molecule has 0 bridgehead atoms. The van der Waals surface area contributed by atoms with Gasteiger partial charge in [0.05, 0.1) is 11.2 Å². The third-order valence-corrected chi connectivity index (χ3v) is 2.02. The van der Waals surface area contributed by atoms with Gasteiger partial charge in [-0.05, 0) is 74.4 Å². The minimum Gasteiger partial charge on any atom is -0.456 e. The smallest absolute Gasteiger partial charge is 0.358 e. The highest BCUT2D eigenvalue weighted by atomic mass is 16.6. The molecule has 0 unspecified atom stereocenters. The Morgan fingerprint density at radius 1 is 0.880 bits per heavy atom. The highest BCUT2D eigenvalue weighted by molar-refractivity contribution is 6.01. The Kier molecular flexibility index (Phi) is 7.77. The number of aliphatic hydroxyl groups is 1. The fourth-order valence-corrected chi connectivity index (χ4v) is 1.39. The summed E-state index contributed by atoms with van der Waals surface area (Å²) in [5, 5.41) is 8.52. The maximum atomic E-state index is 12.1. The molecule has 1 N–H and O–H groups in total. The van der Waals surface area contributed by atoms with Crippen molar-refractivity contribution < 1.29 is 24.2 Å². The molecule has 0 atom stereocenters. The van der Waals surface area contributed by atoms with Crippen LogP contribution >= 0.6 is 0 Å². The lowest BCUT2D eigenvalue weighted by Gasteiger charge is -2.22. The first-order valence-corrected chi connectivity index (χ1v) is 8.14. The summed E-state index contributed by atoms with van der Waals surface area (Å²) in [4.78, 5) is 28.1. The Bertz CT molecular complexity index is 536. The first-order chi connectivity index (χ1) is 11.0. The topological polar surface area (TPSA) is 85.7 Å². The predicted octanol–water partition coefficient (Wildman–Crippen LogP) is 3.77. The van der Waals surface area contributed by atoms with Gasteiger partial charge < -0.3 is 14.6 Å². The Balaban J connectivity index is 0.00000101. The Morgan fingerprint density at radius 2 is 1.28 bits per heavy atom. The molecule has 0 spiro atoms. The summed E-state index contributed by atoms with van der Waals surface area (Å²) in [6, 6.07) is 3.08. The van der Waals surface area contributed by atoms with Gasteiger partial charge in [0.15, 0.2) is 5.69 Å². The quantitative estimate of drug-likeness (QED) is 0.815. The van der Waals surface area contributed by atoms with Crippen molar-refractivity contribution in [2.24, 2.45) is 0 Å². The Hall–Kier alpha value is -1.95. The van der Waals surface area contributed by atoms with E-state index in [0.717, 1.165) is 0 Å². The van der Waals surface area contributed by atoms with E-state index in [1.54, 1.807) is 68.4 Å². The summed E-state index contributed by atoms with van der Waals surface area (Å²) < 4.78 is 10.5. The van der Waals surface area contributed by atoms with Crippen molar-refractivity contribution in [2.45, 2.75) is 79.1 Å². The lowest BCUT2D eigenvalue weighted by atomic mass is 10.1. The number of hydrogen-bond donors (Lipinski definition) is 1. The van der Waals surface area contributed by atoms with E-state index in [9.17, 15) is 9.59 Å². The van der Waals surface area contributed by atoms with Crippen LogP contribution in [-0.2, 0) is 9.47 Å². The van der Waals surface area contributed by atoms with Crippen LogP contribution in [0.5, 0.6) is 0 Å². The molecule has 0 aliphatic heterocycles. The zero-order chi connectivity index (χ0) is 20.1. The van der Waals surface area contributed by atoms with Gasteiger partial charge in [0.25, 0.3) is 0 Å². The highest BCUT2D eigenvalue weighted by Gasteiger charge is 2.27. The molecule has 1 rings (SSSR count). The number of ether oxygens (including phenoxy) is 2. The monoisotopic (exact) mass is 353 g/mol. The molecule has 0 amide bonds. The Labute approximate surface area is 150 Å². The number of esters is 2. The molecule has 1 aromatic heterocycles. The van der Waals surface area contributed by atoms with E-state index >= 15 is 0 Å². The molecule has 0 aliphatic carbocycles. The van der Waals surface area contributed by atoms with Gasteiger partial charge in [-0.2, -0.15) is 0 Å². The molecule has 0 aromatic carbocycles. The van der Waals surface area contributed by atoms with Crippen LogP contribution in [-0.4, -0.2) is 38.8 Å². The highest BCUT2D eigenvalue weighted by Crippen LogP contribution is 2.17. The largest absolute Gasteiger partial charge is 0.456 e.